The van der Waals surface area contributed by atoms with Gasteiger partial charge in [0, 0.05) is 12.6 Å². The van der Waals surface area contributed by atoms with Crippen molar-refractivity contribution in [2.45, 2.75) is 77.4 Å². The highest BCUT2D eigenvalue weighted by molar-refractivity contribution is 5.18. The van der Waals surface area contributed by atoms with E-state index >= 15 is 0 Å². The molecule has 0 amide bonds. The van der Waals surface area contributed by atoms with Gasteiger partial charge in [-0.1, -0.05) is 37.8 Å². The van der Waals surface area contributed by atoms with Crippen molar-refractivity contribution >= 4 is 0 Å². The minimum Gasteiger partial charge on any atom is -0.393 e. The molecule has 1 fully saturated rings. The summed E-state index contributed by atoms with van der Waals surface area (Å²) in [6, 6.07) is 0.642. The lowest BCUT2D eigenvalue weighted by Crippen LogP contribution is -2.44. The molecule has 6 atom stereocenters. The van der Waals surface area contributed by atoms with Gasteiger partial charge in [-0.15, -0.1) is 0 Å². The first-order valence-corrected chi connectivity index (χ1v) is 9.27. The topological polar surface area (TPSA) is 32.3 Å². The zero-order chi connectivity index (χ0) is 14.8. The number of aliphatic hydroxyl groups is 1. The molecule has 1 saturated carbocycles. The summed E-state index contributed by atoms with van der Waals surface area (Å²) in [6.07, 6.45) is 13.0. The SMILES string of the molecule is CC(O)C1CCC(C)C(C2CNC3C=C2CCCCC3)C1. The van der Waals surface area contributed by atoms with E-state index in [9.17, 15) is 5.11 Å². The van der Waals surface area contributed by atoms with Crippen molar-refractivity contribution in [1.29, 1.82) is 0 Å². The van der Waals surface area contributed by atoms with E-state index in [-0.39, 0.29) is 6.10 Å². The van der Waals surface area contributed by atoms with Gasteiger partial charge < -0.3 is 10.4 Å². The maximum atomic E-state index is 10.0. The van der Waals surface area contributed by atoms with Gasteiger partial charge >= 0.3 is 0 Å². The van der Waals surface area contributed by atoms with Gasteiger partial charge in [-0.05, 0) is 62.7 Å². The zero-order valence-electron chi connectivity index (χ0n) is 13.9. The van der Waals surface area contributed by atoms with Crippen molar-refractivity contribution in [2.75, 3.05) is 6.54 Å². The first-order chi connectivity index (χ1) is 10.1. The van der Waals surface area contributed by atoms with Gasteiger partial charge in [-0.2, -0.15) is 0 Å². The standard InChI is InChI=1S/C19H33NO/c1-13-8-9-15(14(2)21)11-18(13)19-12-20-17-7-5-3-4-6-16(19)10-17/h10,13-15,17-21H,3-9,11-12H2,1-2H3. The highest BCUT2D eigenvalue weighted by atomic mass is 16.3. The summed E-state index contributed by atoms with van der Waals surface area (Å²) >= 11 is 0. The molecule has 120 valence electrons. The second-order valence-electron chi connectivity index (χ2n) is 7.92. The maximum absolute atomic E-state index is 10.0. The number of nitrogens with one attached hydrogen (secondary N) is 1. The van der Waals surface area contributed by atoms with Gasteiger partial charge in [0.2, 0.25) is 0 Å². The van der Waals surface area contributed by atoms with E-state index in [0.717, 1.165) is 17.8 Å². The van der Waals surface area contributed by atoms with Crippen LogP contribution in [0.25, 0.3) is 0 Å². The van der Waals surface area contributed by atoms with Gasteiger partial charge in [0.15, 0.2) is 0 Å². The fraction of sp³-hybridized carbons (Fsp3) is 0.895. The van der Waals surface area contributed by atoms with E-state index < -0.39 is 0 Å². The van der Waals surface area contributed by atoms with Crippen LogP contribution < -0.4 is 5.32 Å². The largest absolute Gasteiger partial charge is 0.393 e. The van der Waals surface area contributed by atoms with Crippen LogP contribution in [0.15, 0.2) is 11.6 Å². The lowest BCUT2D eigenvalue weighted by molar-refractivity contribution is 0.0487. The molecule has 0 aromatic carbocycles. The van der Waals surface area contributed by atoms with Gasteiger partial charge in [0.05, 0.1) is 6.10 Å². The molecule has 3 aliphatic rings. The molecule has 2 nitrogen and oxygen atoms in total. The average Bonchev–Trinajstić information content (AvgIpc) is 2.45. The van der Waals surface area contributed by atoms with Crippen LogP contribution in [0, 0.1) is 23.7 Å². The summed E-state index contributed by atoms with van der Waals surface area (Å²) in [5.41, 5.74) is 1.75. The Morgan fingerprint density at radius 1 is 1.19 bits per heavy atom. The molecule has 21 heavy (non-hydrogen) atoms. The number of fused-ring (bicyclic) bond motifs is 1. The summed E-state index contributed by atoms with van der Waals surface area (Å²) in [4.78, 5) is 0. The van der Waals surface area contributed by atoms with Crippen molar-refractivity contribution in [1.82, 2.24) is 5.32 Å². The smallest absolute Gasteiger partial charge is 0.0540 e. The molecule has 2 bridgehead atoms. The van der Waals surface area contributed by atoms with Crippen LogP contribution in [0.5, 0.6) is 0 Å². The molecule has 0 aromatic rings. The minimum atomic E-state index is -0.129. The minimum absolute atomic E-state index is 0.129. The third-order valence-electron chi connectivity index (χ3n) is 6.47. The molecular formula is C19H33NO. The molecule has 6 unspecified atom stereocenters. The number of aliphatic hydroxyl groups excluding tert-OH is 1. The molecule has 2 heteroatoms. The highest BCUT2D eigenvalue weighted by Gasteiger charge is 2.37. The first-order valence-electron chi connectivity index (χ1n) is 9.27. The Balaban J connectivity index is 1.74. The van der Waals surface area contributed by atoms with Crippen LogP contribution >= 0.6 is 0 Å². The van der Waals surface area contributed by atoms with E-state index in [4.69, 9.17) is 0 Å². The molecule has 0 radical (unpaired) electrons. The summed E-state index contributed by atoms with van der Waals surface area (Å²) in [7, 11) is 0. The van der Waals surface area contributed by atoms with Crippen molar-refractivity contribution in [3.05, 3.63) is 11.6 Å². The molecule has 1 heterocycles. The Morgan fingerprint density at radius 3 is 2.86 bits per heavy atom. The van der Waals surface area contributed by atoms with E-state index in [2.05, 4.69) is 18.3 Å². The van der Waals surface area contributed by atoms with E-state index in [1.807, 2.05) is 6.92 Å². The summed E-state index contributed by atoms with van der Waals surface area (Å²) in [5, 5.41) is 13.8. The fourth-order valence-corrected chi connectivity index (χ4v) is 4.99. The predicted octanol–water partition coefficient (Wildman–Crippen LogP) is 3.90. The molecule has 2 aliphatic carbocycles. The molecule has 2 N–H and O–H groups in total. The second-order valence-corrected chi connectivity index (χ2v) is 7.92. The zero-order valence-corrected chi connectivity index (χ0v) is 13.9. The lowest BCUT2D eigenvalue weighted by Gasteiger charge is -2.44. The van der Waals surface area contributed by atoms with Crippen LogP contribution in [0.1, 0.15) is 65.2 Å². The quantitative estimate of drug-likeness (QED) is 0.756. The lowest BCUT2D eigenvalue weighted by atomic mass is 9.65. The molecule has 0 aromatic heterocycles. The number of hydrogen-bond acceptors (Lipinski definition) is 2. The molecule has 0 spiro atoms. The average molecular weight is 291 g/mol. The van der Waals surface area contributed by atoms with Crippen LogP contribution in [0.2, 0.25) is 0 Å². The molecule has 3 rings (SSSR count). The third-order valence-corrected chi connectivity index (χ3v) is 6.47. The van der Waals surface area contributed by atoms with Crippen LogP contribution in [-0.2, 0) is 0 Å². The Kier molecular flexibility index (Phi) is 5.06. The van der Waals surface area contributed by atoms with Gasteiger partial charge in [-0.25, -0.2) is 0 Å². The summed E-state index contributed by atoms with van der Waals surface area (Å²) in [6.45, 7) is 5.61. The molecule has 0 saturated heterocycles. The number of hydrogen-bond donors (Lipinski definition) is 2. The summed E-state index contributed by atoms with van der Waals surface area (Å²) < 4.78 is 0. The van der Waals surface area contributed by atoms with Crippen LogP contribution in [-0.4, -0.2) is 23.8 Å². The Bertz CT molecular complexity index is 376. The van der Waals surface area contributed by atoms with Crippen molar-refractivity contribution in [3.8, 4) is 0 Å². The van der Waals surface area contributed by atoms with E-state index in [1.165, 1.54) is 57.9 Å². The van der Waals surface area contributed by atoms with Crippen molar-refractivity contribution in [2.24, 2.45) is 23.7 Å². The Hall–Kier alpha value is -0.340. The first kappa shape index (κ1) is 15.6. The highest BCUT2D eigenvalue weighted by Crippen LogP contribution is 2.43. The van der Waals surface area contributed by atoms with Crippen LogP contribution in [0.3, 0.4) is 0 Å². The second kappa shape index (κ2) is 6.83. The normalized spacial score (nSPS) is 42.6. The predicted molar refractivity (Wildman–Crippen MR) is 88.1 cm³/mol. The van der Waals surface area contributed by atoms with E-state index in [1.54, 1.807) is 5.57 Å². The van der Waals surface area contributed by atoms with Gasteiger partial charge in [0.1, 0.15) is 0 Å². The van der Waals surface area contributed by atoms with Crippen molar-refractivity contribution in [3.63, 3.8) is 0 Å². The van der Waals surface area contributed by atoms with Crippen molar-refractivity contribution < 1.29 is 5.11 Å². The van der Waals surface area contributed by atoms with Gasteiger partial charge in [0.25, 0.3) is 0 Å². The summed E-state index contributed by atoms with van der Waals surface area (Å²) in [5.74, 6) is 2.85. The monoisotopic (exact) mass is 291 g/mol. The molecule has 1 aliphatic heterocycles. The number of rotatable bonds is 2. The maximum Gasteiger partial charge on any atom is 0.0540 e. The van der Waals surface area contributed by atoms with E-state index in [0.29, 0.717) is 12.0 Å². The molecular weight excluding hydrogens is 258 g/mol. The third kappa shape index (κ3) is 3.53. The van der Waals surface area contributed by atoms with Crippen LogP contribution in [0.4, 0.5) is 0 Å². The Morgan fingerprint density at radius 2 is 2.05 bits per heavy atom. The van der Waals surface area contributed by atoms with Gasteiger partial charge in [-0.3, -0.25) is 0 Å². The fourth-order valence-electron chi connectivity index (χ4n) is 4.99. The Labute approximate surface area is 130 Å².